The number of hydrogen-bond donors (Lipinski definition) is 0. The molecule has 6 heteroatoms. The van der Waals surface area contributed by atoms with Crippen molar-refractivity contribution < 1.29 is 9.53 Å². The number of hydrogen-bond acceptors (Lipinski definition) is 4. The lowest BCUT2D eigenvalue weighted by Gasteiger charge is -2.15. The molecule has 0 aliphatic carbocycles. The molecular formula is C10H15BrN2O2S. The van der Waals surface area contributed by atoms with E-state index in [4.69, 9.17) is 4.74 Å². The van der Waals surface area contributed by atoms with Gasteiger partial charge in [0.05, 0.1) is 10.7 Å². The highest BCUT2D eigenvalue weighted by atomic mass is 79.9. The van der Waals surface area contributed by atoms with Crippen LogP contribution in [0.1, 0.15) is 22.5 Å². The average Bonchev–Trinajstić information content (AvgIpc) is 2.69. The third kappa shape index (κ3) is 3.84. The summed E-state index contributed by atoms with van der Waals surface area (Å²) >= 11 is 4.53. The molecule has 0 aliphatic rings. The molecule has 0 fully saturated rings. The highest BCUT2D eigenvalue weighted by Gasteiger charge is 2.16. The number of methoxy groups -OCH3 is 1. The SMILES string of the molecule is COCCCCN(C)C(=O)c1sncc1Br. The van der Waals surface area contributed by atoms with Crippen molar-refractivity contribution in [2.75, 3.05) is 27.3 Å². The molecule has 0 aliphatic heterocycles. The van der Waals surface area contributed by atoms with Crippen LogP contribution >= 0.6 is 27.5 Å². The first-order valence-corrected chi connectivity index (χ1v) is 6.58. The van der Waals surface area contributed by atoms with Crippen LogP contribution in [0.4, 0.5) is 0 Å². The molecule has 1 aromatic heterocycles. The molecule has 0 bridgehead atoms. The first kappa shape index (κ1) is 13.6. The van der Waals surface area contributed by atoms with E-state index < -0.39 is 0 Å². The number of amides is 1. The fourth-order valence-corrected chi connectivity index (χ4v) is 2.50. The molecule has 0 radical (unpaired) electrons. The van der Waals surface area contributed by atoms with Crippen LogP contribution in [0.15, 0.2) is 10.7 Å². The summed E-state index contributed by atoms with van der Waals surface area (Å²) in [6.07, 6.45) is 3.57. The molecule has 16 heavy (non-hydrogen) atoms. The van der Waals surface area contributed by atoms with Gasteiger partial charge in [0.15, 0.2) is 0 Å². The molecule has 1 heterocycles. The molecule has 1 rings (SSSR count). The number of ether oxygens (including phenoxy) is 1. The molecule has 1 aromatic rings. The molecule has 0 atom stereocenters. The van der Waals surface area contributed by atoms with Gasteiger partial charge in [-0.15, -0.1) is 0 Å². The molecule has 1 amide bonds. The lowest BCUT2D eigenvalue weighted by atomic mass is 10.3. The highest BCUT2D eigenvalue weighted by molar-refractivity contribution is 9.10. The van der Waals surface area contributed by atoms with Crippen LogP contribution < -0.4 is 0 Å². The maximum absolute atomic E-state index is 11.9. The Morgan fingerprint density at radius 2 is 2.38 bits per heavy atom. The van der Waals surface area contributed by atoms with E-state index >= 15 is 0 Å². The predicted octanol–water partition coefficient (Wildman–Crippen LogP) is 2.40. The van der Waals surface area contributed by atoms with Gasteiger partial charge in [-0.05, 0) is 40.3 Å². The van der Waals surface area contributed by atoms with E-state index in [1.807, 2.05) is 0 Å². The first-order valence-electron chi connectivity index (χ1n) is 5.01. The third-order valence-corrected chi connectivity index (χ3v) is 3.81. The van der Waals surface area contributed by atoms with E-state index in [9.17, 15) is 4.79 Å². The number of carbonyl (C=O) groups is 1. The molecule has 4 nitrogen and oxygen atoms in total. The summed E-state index contributed by atoms with van der Waals surface area (Å²) in [4.78, 5) is 14.3. The summed E-state index contributed by atoms with van der Waals surface area (Å²) in [7, 11) is 3.49. The van der Waals surface area contributed by atoms with E-state index in [0.29, 0.717) is 4.88 Å². The molecule has 0 saturated heterocycles. The van der Waals surface area contributed by atoms with Gasteiger partial charge in [-0.2, -0.15) is 4.37 Å². The second-order valence-corrected chi connectivity index (χ2v) is 5.09. The largest absolute Gasteiger partial charge is 0.385 e. The van der Waals surface area contributed by atoms with Gasteiger partial charge in [-0.25, -0.2) is 0 Å². The minimum atomic E-state index is 0.0202. The standard InChI is InChI=1S/C10H15BrN2O2S/c1-13(5-3-4-6-15-2)10(14)9-8(11)7-12-16-9/h7H,3-6H2,1-2H3. The van der Waals surface area contributed by atoms with Crippen molar-refractivity contribution in [2.24, 2.45) is 0 Å². The zero-order valence-electron chi connectivity index (χ0n) is 9.40. The van der Waals surface area contributed by atoms with Crippen molar-refractivity contribution in [3.63, 3.8) is 0 Å². The predicted molar refractivity (Wildman–Crippen MR) is 67.9 cm³/mol. The molecule has 0 N–H and O–H groups in total. The van der Waals surface area contributed by atoms with Gasteiger partial charge < -0.3 is 9.64 Å². The van der Waals surface area contributed by atoms with Gasteiger partial charge >= 0.3 is 0 Å². The Morgan fingerprint density at radius 1 is 1.62 bits per heavy atom. The van der Waals surface area contributed by atoms with E-state index in [1.165, 1.54) is 11.5 Å². The van der Waals surface area contributed by atoms with Gasteiger partial charge in [-0.1, -0.05) is 0 Å². The number of unbranched alkanes of at least 4 members (excludes halogenated alkanes) is 1. The molecule has 0 unspecified atom stereocenters. The topological polar surface area (TPSA) is 42.4 Å². The minimum Gasteiger partial charge on any atom is -0.385 e. The quantitative estimate of drug-likeness (QED) is 0.758. The van der Waals surface area contributed by atoms with Crippen LogP contribution in [0.25, 0.3) is 0 Å². The van der Waals surface area contributed by atoms with Crippen LogP contribution in [0, 0.1) is 0 Å². The van der Waals surface area contributed by atoms with Gasteiger partial charge in [0.2, 0.25) is 0 Å². The van der Waals surface area contributed by atoms with E-state index in [-0.39, 0.29) is 5.91 Å². The Labute approximate surface area is 108 Å². The number of carbonyl (C=O) groups excluding carboxylic acids is 1. The van der Waals surface area contributed by atoms with Crippen molar-refractivity contribution >= 4 is 33.4 Å². The van der Waals surface area contributed by atoms with Gasteiger partial charge in [0.1, 0.15) is 4.88 Å². The van der Waals surface area contributed by atoms with Crippen molar-refractivity contribution in [3.05, 3.63) is 15.5 Å². The van der Waals surface area contributed by atoms with Crippen molar-refractivity contribution in [1.29, 1.82) is 0 Å². The fourth-order valence-electron chi connectivity index (χ4n) is 1.24. The Morgan fingerprint density at radius 3 is 2.94 bits per heavy atom. The fraction of sp³-hybridized carbons (Fsp3) is 0.600. The maximum Gasteiger partial charge on any atom is 0.266 e. The Balaban J connectivity index is 2.40. The summed E-state index contributed by atoms with van der Waals surface area (Å²) in [5, 5.41) is 0. The minimum absolute atomic E-state index is 0.0202. The van der Waals surface area contributed by atoms with Crippen LogP contribution in [0.5, 0.6) is 0 Å². The van der Waals surface area contributed by atoms with Crippen LogP contribution in [-0.4, -0.2) is 42.5 Å². The second-order valence-electron chi connectivity index (χ2n) is 3.43. The number of aromatic nitrogens is 1. The Kier molecular flexibility index (Phi) is 5.94. The van der Waals surface area contributed by atoms with Crippen molar-refractivity contribution in [1.82, 2.24) is 9.27 Å². The first-order chi connectivity index (χ1) is 7.66. The number of nitrogens with zero attached hydrogens (tertiary/aromatic N) is 2. The molecule has 0 aromatic carbocycles. The summed E-state index contributed by atoms with van der Waals surface area (Å²) in [6, 6.07) is 0. The molecule has 0 saturated carbocycles. The Hall–Kier alpha value is -0.460. The summed E-state index contributed by atoms with van der Waals surface area (Å²) in [5.74, 6) is 0.0202. The van der Waals surface area contributed by atoms with E-state index in [1.54, 1.807) is 25.3 Å². The summed E-state index contributed by atoms with van der Waals surface area (Å²) in [5.41, 5.74) is 0. The lowest BCUT2D eigenvalue weighted by molar-refractivity contribution is 0.0792. The average molecular weight is 307 g/mol. The summed E-state index contributed by atoms with van der Waals surface area (Å²) in [6.45, 7) is 1.48. The maximum atomic E-state index is 11.9. The smallest absolute Gasteiger partial charge is 0.266 e. The Bertz CT molecular complexity index is 343. The normalized spacial score (nSPS) is 10.4. The third-order valence-electron chi connectivity index (χ3n) is 2.16. The highest BCUT2D eigenvalue weighted by Crippen LogP contribution is 2.21. The van der Waals surface area contributed by atoms with Gasteiger partial charge in [-0.3, -0.25) is 4.79 Å². The molecule has 90 valence electrons. The molecular weight excluding hydrogens is 292 g/mol. The van der Waals surface area contributed by atoms with Crippen LogP contribution in [-0.2, 0) is 4.74 Å². The van der Waals surface area contributed by atoms with Gasteiger partial charge in [0.25, 0.3) is 5.91 Å². The zero-order chi connectivity index (χ0) is 12.0. The lowest BCUT2D eigenvalue weighted by Crippen LogP contribution is -2.27. The van der Waals surface area contributed by atoms with Crippen LogP contribution in [0.2, 0.25) is 0 Å². The van der Waals surface area contributed by atoms with Crippen LogP contribution in [0.3, 0.4) is 0 Å². The molecule has 0 spiro atoms. The summed E-state index contributed by atoms with van der Waals surface area (Å²) < 4.78 is 9.69. The number of rotatable bonds is 6. The van der Waals surface area contributed by atoms with Crippen molar-refractivity contribution in [2.45, 2.75) is 12.8 Å². The number of halogens is 1. The van der Waals surface area contributed by atoms with Gasteiger partial charge in [0, 0.05) is 27.3 Å². The second kappa shape index (κ2) is 6.98. The van der Waals surface area contributed by atoms with E-state index in [0.717, 1.165) is 30.5 Å². The monoisotopic (exact) mass is 306 g/mol. The van der Waals surface area contributed by atoms with Crippen molar-refractivity contribution in [3.8, 4) is 0 Å². The zero-order valence-corrected chi connectivity index (χ0v) is 11.8. The van der Waals surface area contributed by atoms with E-state index in [2.05, 4.69) is 20.3 Å².